The lowest BCUT2D eigenvalue weighted by Gasteiger charge is -2.26. The normalized spacial score (nSPS) is 14.4. The van der Waals surface area contributed by atoms with Crippen LogP contribution in [0.15, 0.2) is 85.7 Å². The first-order valence-corrected chi connectivity index (χ1v) is 17.6. The van der Waals surface area contributed by atoms with Crippen LogP contribution in [0, 0.1) is 10.1 Å². The van der Waals surface area contributed by atoms with Crippen molar-refractivity contribution in [3.05, 3.63) is 117 Å². The van der Waals surface area contributed by atoms with Gasteiger partial charge in [0.25, 0.3) is 11.2 Å². The summed E-state index contributed by atoms with van der Waals surface area (Å²) >= 11 is 14.4. The van der Waals surface area contributed by atoms with Gasteiger partial charge < -0.3 is 14.2 Å². The van der Waals surface area contributed by atoms with Crippen molar-refractivity contribution in [1.82, 2.24) is 19.7 Å². The SMILES string of the molecule is COc1ccc(OC)c([C@H]2C(C(=O)OC(C)C)=C(C)N=c3s/c(=C\c4ccc(Sc5n[nH]c(-c6ccc(Cl)cc6Cl)n5)c([N+](=O)[O-])c4)c(=O)n32)c1. The third-order valence-corrected chi connectivity index (χ3v) is 10.1. The lowest BCUT2D eigenvalue weighted by atomic mass is 9.94. The number of nitro groups is 1. The van der Waals surface area contributed by atoms with Gasteiger partial charge in [0.2, 0.25) is 5.16 Å². The first kappa shape index (κ1) is 35.9. The van der Waals surface area contributed by atoms with Gasteiger partial charge >= 0.3 is 5.97 Å². The minimum Gasteiger partial charge on any atom is -0.497 e. The fraction of sp³-hybridized carbons (Fsp3) is 0.206. The smallest absolute Gasteiger partial charge is 0.338 e. The summed E-state index contributed by atoms with van der Waals surface area (Å²) in [6.07, 6.45) is 1.12. The second-order valence-corrected chi connectivity index (χ2v) is 14.2. The number of hydrogen-bond acceptors (Lipinski definition) is 12. The number of esters is 1. The number of allylic oxidation sites excluding steroid dienone is 1. The number of thiazole rings is 1. The Morgan fingerprint density at radius 1 is 1.12 bits per heavy atom. The van der Waals surface area contributed by atoms with E-state index in [0.717, 1.165) is 23.1 Å². The van der Waals surface area contributed by atoms with Crippen molar-refractivity contribution in [2.45, 2.75) is 43.0 Å². The lowest BCUT2D eigenvalue weighted by molar-refractivity contribution is -0.387. The van der Waals surface area contributed by atoms with Crippen LogP contribution in [0.1, 0.15) is 37.9 Å². The zero-order valence-electron chi connectivity index (χ0n) is 27.6. The lowest BCUT2D eigenvalue weighted by Crippen LogP contribution is -2.40. The first-order valence-electron chi connectivity index (χ1n) is 15.2. The average Bonchev–Trinajstić information content (AvgIpc) is 3.67. The van der Waals surface area contributed by atoms with Gasteiger partial charge in [0.1, 0.15) is 17.5 Å². The molecule has 1 N–H and O–H groups in total. The van der Waals surface area contributed by atoms with Crippen molar-refractivity contribution >= 4 is 64.0 Å². The molecule has 3 aromatic carbocycles. The standard InChI is InChI=1S/C34H28Cl2N6O7S2/c1-16(2)49-32(44)28-17(3)37-34-41(29(28)22-15-20(47-4)8-10-25(22)48-5)31(43)27(51-34)13-18-6-11-26(24(12-18)42(45)46)50-33-38-30(39-40-33)21-9-7-19(35)14-23(21)36/h6-16,29H,1-5H3,(H,38,39,40)/b27-13-/t29-/m0/s1. The average molecular weight is 768 g/mol. The summed E-state index contributed by atoms with van der Waals surface area (Å²) in [6, 6.07) is 13.6. The molecule has 0 radical (unpaired) electrons. The number of ether oxygens (including phenoxy) is 3. The Morgan fingerprint density at radius 3 is 2.59 bits per heavy atom. The summed E-state index contributed by atoms with van der Waals surface area (Å²) in [7, 11) is 3.00. The van der Waals surface area contributed by atoms with E-state index in [2.05, 4.69) is 20.2 Å². The molecule has 6 rings (SSSR count). The number of carbonyl (C=O) groups excluding carboxylic acids is 1. The van der Waals surface area contributed by atoms with Gasteiger partial charge in [-0.15, -0.1) is 5.10 Å². The van der Waals surface area contributed by atoms with Crippen LogP contribution in [0.3, 0.4) is 0 Å². The molecular formula is C34H28Cl2N6O7S2. The fourth-order valence-corrected chi connectivity index (χ4v) is 7.75. The summed E-state index contributed by atoms with van der Waals surface area (Å²) in [5.41, 5.74) is 1.30. The number of aromatic amines is 1. The van der Waals surface area contributed by atoms with E-state index in [1.165, 1.54) is 24.9 Å². The topological polar surface area (TPSA) is 164 Å². The Balaban J connectivity index is 1.41. The highest BCUT2D eigenvalue weighted by Crippen LogP contribution is 2.39. The summed E-state index contributed by atoms with van der Waals surface area (Å²) < 4.78 is 18.3. The number of methoxy groups -OCH3 is 2. The molecule has 0 saturated carbocycles. The molecule has 3 heterocycles. The third kappa shape index (κ3) is 7.28. The quantitative estimate of drug-likeness (QED) is 0.0962. The molecule has 1 atom stereocenters. The second-order valence-electron chi connectivity index (χ2n) is 11.3. The van der Waals surface area contributed by atoms with Gasteiger partial charge in [0.15, 0.2) is 10.6 Å². The maximum absolute atomic E-state index is 14.2. The number of nitrogens with one attached hydrogen (secondary N) is 1. The van der Waals surface area contributed by atoms with Gasteiger partial charge in [-0.25, -0.2) is 14.8 Å². The predicted molar refractivity (Wildman–Crippen MR) is 194 cm³/mol. The molecule has 2 aromatic heterocycles. The van der Waals surface area contributed by atoms with E-state index in [1.807, 2.05) is 0 Å². The van der Waals surface area contributed by atoms with Crippen LogP contribution in [-0.4, -0.2) is 51.0 Å². The number of nitro benzene ring substituents is 1. The van der Waals surface area contributed by atoms with Crippen LogP contribution in [0.4, 0.5) is 5.69 Å². The van der Waals surface area contributed by atoms with E-state index < -0.39 is 28.6 Å². The van der Waals surface area contributed by atoms with Gasteiger partial charge in [-0.3, -0.25) is 24.6 Å². The number of fused-ring (bicyclic) bond motifs is 1. The van der Waals surface area contributed by atoms with E-state index in [1.54, 1.807) is 75.4 Å². The van der Waals surface area contributed by atoms with Crippen molar-refractivity contribution in [2.75, 3.05) is 14.2 Å². The van der Waals surface area contributed by atoms with E-state index in [9.17, 15) is 19.7 Å². The van der Waals surface area contributed by atoms with E-state index in [0.29, 0.717) is 54.6 Å². The Labute approximate surface area is 308 Å². The van der Waals surface area contributed by atoms with Gasteiger partial charge in [-0.2, -0.15) is 0 Å². The highest BCUT2D eigenvalue weighted by molar-refractivity contribution is 7.99. The molecule has 0 fully saturated rings. The number of benzene rings is 3. The molecular weight excluding hydrogens is 739 g/mol. The number of aromatic nitrogens is 4. The summed E-state index contributed by atoms with van der Waals surface area (Å²) in [6.45, 7) is 5.13. The molecule has 0 bridgehead atoms. The fourth-order valence-electron chi connectivity index (χ4n) is 5.40. The van der Waals surface area contributed by atoms with Crippen LogP contribution in [0.25, 0.3) is 17.5 Å². The van der Waals surface area contributed by atoms with E-state index in [4.69, 9.17) is 37.4 Å². The number of H-pyrrole nitrogens is 1. The summed E-state index contributed by atoms with van der Waals surface area (Å²) in [5.74, 6) is 0.640. The monoisotopic (exact) mass is 766 g/mol. The number of halogens is 2. The molecule has 0 spiro atoms. The van der Waals surface area contributed by atoms with Crippen LogP contribution in [0.2, 0.25) is 10.0 Å². The molecule has 262 valence electrons. The van der Waals surface area contributed by atoms with Crippen LogP contribution < -0.4 is 24.4 Å². The third-order valence-electron chi connectivity index (χ3n) is 7.65. The van der Waals surface area contributed by atoms with Crippen LogP contribution >= 0.6 is 46.3 Å². The molecule has 0 unspecified atom stereocenters. The highest BCUT2D eigenvalue weighted by Gasteiger charge is 2.36. The predicted octanol–water partition coefficient (Wildman–Crippen LogP) is 6.36. The van der Waals surface area contributed by atoms with E-state index >= 15 is 0 Å². The molecule has 1 aliphatic heterocycles. The molecule has 0 saturated heterocycles. The van der Waals surface area contributed by atoms with Crippen LogP contribution in [-0.2, 0) is 9.53 Å². The summed E-state index contributed by atoms with van der Waals surface area (Å²) in [4.78, 5) is 49.1. The number of carbonyl (C=O) groups is 1. The van der Waals surface area contributed by atoms with Gasteiger partial charge in [-0.05, 0) is 86.6 Å². The van der Waals surface area contributed by atoms with Gasteiger partial charge in [0, 0.05) is 22.2 Å². The molecule has 51 heavy (non-hydrogen) atoms. The zero-order valence-corrected chi connectivity index (χ0v) is 30.7. The van der Waals surface area contributed by atoms with Gasteiger partial charge in [0.05, 0.1) is 51.0 Å². The van der Waals surface area contributed by atoms with Gasteiger partial charge in [-0.1, -0.05) is 40.6 Å². The first-order chi connectivity index (χ1) is 24.4. The van der Waals surface area contributed by atoms with Crippen molar-refractivity contribution in [1.29, 1.82) is 0 Å². The molecule has 5 aromatic rings. The minimum atomic E-state index is -0.971. The second kappa shape index (κ2) is 14.7. The van der Waals surface area contributed by atoms with Crippen LogP contribution in [0.5, 0.6) is 11.5 Å². The Kier molecular flexibility index (Phi) is 10.3. The maximum Gasteiger partial charge on any atom is 0.338 e. The summed E-state index contributed by atoms with van der Waals surface area (Å²) in [5, 5.41) is 20.3. The highest BCUT2D eigenvalue weighted by atomic mass is 35.5. The number of hydrogen-bond donors (Lipinski definition) is 1. The Bertz CT molecular complexity index is 2420. The maximum atomic E-state index is 14.2. The van der Waals surface area contributed by atoms with Crippen molar-refractivity contribution in [3.63, 3.8) is 0 Å². The number of rotatable bonds is 10. The minimum absolute atomic E-state index is 0.166. The molecule has 13 nitrogen and oxygen atoms in total. The van der Waals surface area contributed by atoms with E-state index in [-0.39, 0.29) is 25.8 Å². The zero-order chi connectivity index (χ0) is 36.6. The van der Waals surface area contributed by atoms with Crippen molar-refractivity contribution in [2.24, 2.45) is 4.99 Å². The number of nitrogens with zero attached hydrogens (tertiary/aromatic N) is 5. The van der Waals surface area contributed by atoms with Crippen molar-refractivity contribution < 1.29 is 23.9 Å². The Hall–Kier alpha value is -4.96. The Morgan fingerprint density at radius 2 is 1.90 bits per heavy atom. The molecule has 1 aliphatic rings. The molecule has 0 amide bonds. The largest absolute Gasteiger partial charge is 0.497 e. The molecule has 17 heteroatoms. The molecule has 0 aliphatic carbocycles. The van der Waals surface area contributed by atoms with Crippen molar-refractivity contribution in [3.8, 4) is 22.9 Å².